The number of nitrogens with two attached hydrogens (primary N) is 1. The Kier molecular flexibility index (Phi) is 2.60. The van der Waals surface area contributed by atoms with E-state index < -0.39 is 0 Å². The van der Waals surface area contributed by atoms with Crippen LogP contribution in [0.3, 0.4) is 0 Å². The molecule has 0 aliphatic carbocycles. The smallest absolute Gasteiger partial charge is 0.154 e. The van der Waals surface area contributed by atoms with Crippen molar-refractivity contribution in [2.75, 3.05) is 12.8 Å². The number of nitrogen functional groups attached to an aromatic ring is 1. The fourth-order valence-electron chi connectivity index (χ4n) is 2.42. The first-order chi connectivity index (χ1) is 9.24. The zero-order valence-electron chi connectivity index (χ0n) is 10.5. The van der Waals surface area contributed by atoms with Crippen molar-refractivity contribution < 1.29 is 9.53 Å². The number of ether oxygens (including phenoxy) is 1. The van der Waals surface area contributed by atoms with Gasteiger partial charge in [-0.25, -0.2) is 0 Å². The molecule has 0 unspecified atom stereocenters. The number of carbonyl (C=O) groups excluding carboxylic acids is 1. The summed E-state index contributed by atoms with van der Waals surface area (Å²) >= 11 is 0. The molecule has 3 aromatic carbocycles. The predicted molar refractivity (Wildman–Crippen MR) is 77.8 cm³/mol. The minimum atomic E-state index is 0.510. The molecule has 0 aromatic heterocycles. The zero-order chi connectivity index (χ0) is 13.4. The highest BCUT2D eigenvalue weighted by Gasteiger charge is 2.11. The first-order valence-electron chi connectivity index (χ1n) is 5.98. The molecule has 94 valence electrons. The van der Waals surface area contributed by atoms with E-state index in [1.165, 1.54) is 7.11 Å². The number of hydrogen-bond acceptors (Lipinski definition) is 3. The van der Waals surface area contributed by atoms with Gasteiger partial charge in [0.25, 0.3) is 0 Å². The van der Waals surface area contributed by atoms with Crippen LogP contribution in [0.25, 0.3) is 21.5 Å². The van der Waals surface area contributed by atoms with Crippen LogP contribution in [0.4, 0.5) is 5.69 Å². The average Bonchev–Trinajstić information content (AvgIpc) is 2.45. The van der Waals surface area contributed by atoms with Gasteiger partial charge in [0.1, 0.15) is 5.75 Å². The number of fused-ring (bicyclic) bond motifs is 2. The van der Waals surface area contributed by atoms with E-state index in [1.807, 2.05) is 36.4 Å². The summed E-state index contributed by atoms with van der Waals surface area (Å²) < 4.78 is 5.23. The van der Waals surface area contributed by atoms with E-state index >= 15 is 0 Å². The van der Waals surface area contributed by atoms with Gasteiger partial charge in [-0.3, -0.25) is 4.79 Å². The van der Waals surface area contributed by atoms with Crippen molar-refractivity contribution in [2.24, 2.45) is 0 Å². The SMILES string of the molecule is COc1cc(N)c2cc3ccccc3cc2c1C=O. The van der Waals surface area contributed by atoms with E-state index in [1.54, 1.807) is 6.07 Å². The lowest BCUT2D eigenvalue weighted by atomic mass is 9.98. The first-order valence-corrected chi connectivity index (χ1v) is 5.98. The van der Waals surface area contributed by atoms with Crippen molar-refractivity contribution in [3.8, 4) is 5.75 Å². The number of aldehydes is 1. The summed E-state index contributed by atoms with van der Waals surface area (Å²) in [6.07, 6.45) is 0.815. The minimum Gasteiger partial charge on any atom is -0.496 e. The molecule has 0 heterocycles. The van der Waals surface area contributed by atoms with Crippen molar-refractivity contribution in [1.29, 1.82) is 0 Å². The van der Waals surface area contributed by atoms with Gasteiger partial charge in [0.2, 0.25) is 0 Å². The summed E-state index contributed by atoms with van der Waals surface area (Å²) in [5.41, 5.74) is 7.20. The van der Waals surface area contributed by atoms with Crippen molar-refractivity contribution in [2.45, 2.75) is 0 Å². The van der Waals surface area contributed by atoms with Crippen molar-refractivity contribution in [3.05, 3.63) is 48.0 Å². The molecule has 0 bridgehead atoms. The van der Waals surface area contributed by atoms with E-state index in [2.05, 4.69) is 0 Å². The summed E-state index contributed by atoms with van der Waals surface area (Å²) in [7, 11) is 1.54. The average molecular weight is 251 g/mol. The van der Waals surface area contributed by atoms with Crippen LogP contribution in [-0.2, 0) is 0 Å². The van der Waals surface area contributed by atoms with Crippen molar-refractivity contribution in [3.63, 3.8) is 0 Å². The maximum absolute atomic E-state index is 11.3. The second kappa shape index (κ2) is 4.28. The monoisotopic (exact) mass is 251 g/mol. The van der Waals surface area contributed by atoms with Gasteiger partial charge >= 0.3 is 0 Å². The number of benzene rings is 3. The molecule has 3 aromatic rings. The fourth-order valence-corrected chi connectivity index (χ4v) is 2.42. The third-order valence-corrected chi connectivity index (χ3v) is 3.38. The van der Waals surface area contributed by atoms with Gasteiger partial charge in [-0.1, -0.05) is 24.3 Å². The number of methoxy groups -OCH3 is 1. The molecule has 3 nitrogen and oxygen atoms in total. The standard InChI is InChI=1S/C16H13NO2/c1-19-16-8-15(17)13-7-11-5-3-2-4-10(11)6-12(13)14(16)9-18/h2-9H,17H2,1H3. The molecule has 0 fully saturated rings. The van der Waals surface area contributed by atoms with Crippen molar-refractivity contribution >= 4 is 33.5 Å². The van der Waals surface area contributed by atoms with E-state index in [4.69, 9.17) is 10.5 Å². The largest absolute Gasteiger partial charge is 0.496 e. The summed E-state index contributed by atoms with van der Waals surface area (Å²) in [5.74, 6) is 0.510. The second-order valence-electron chi connectivity index (χ2n) is 4.44. The molecular weight excluding hydrogens is 238 g/mol. The predicted octanol–water partition coefficient (Wildman–Crippen LogP) is 3.40. The Morgan fingerprint density at radius 3 is 2.26 bits per heavy atom. The number of carbonyl (C=O) groups is 1. The maximum Gasteiger partial charge on any atom is 0.154 e. The van der Waals surface area contributed by atoms with Gasteiger partial charge in [0, 0.05) is 17.1 Å². The summed E-state index contributed by atoms with van der Waals surface area (Å²) in [5, 5.41) is 3.88. The van der Waals surface area contributed by atoms with Gasteiger partial charge in [0.05, 0.1) is 12.7 Å². The number of rotatable bonds is 2. The Morgan fingerprint density at radius 1 is 1.05 bits per heavy atom. The summed E-state index contributed by atoms with van der Waals surface area (Å²) in [4.78, 5) is 11.3. The Morgan fingerprint density at radius 2 is 1.68 bits per heavy atom. The van der Waals surface area contributed by atoms with Crippen molar-refractivity contribution in [1.82, 2.24) is 0 Å². The van der Waals surface area contributed by atoms with Crippen LogP contribution in [0.15, 0.2) is 42.5 Å². The number of anilines is 1. The van der Waals surface area contributed by atoms with E-state index in [0.29, 0.717) is 17.0 Å². The molecule has 0 spiro atoms. The zero-order valence-corrected chi connectivity index (χ0v) is 10.5. The van der Waals surface area contributed by atoms with Crippen LogP contribution in [0.1, 0.15) is 10.4 Å². The highest BCUT2D eigenvalue weighted by atomic mass is 16.5. The fraction of sp³-hybridized carbons (Fsp3) is 0.0625. The van der Waals surface area contributed by atoms with E-state index in [0.717, 1.165) is 27.8 Å². The molecule has 3 rings (SSSR count). The third kappa shape index (κ3) is 1.71. The third-order valence-electron chi connectivity index (χ3n) is 3.38. The Labute approximate surface area is 110 Å². The summed E-state index contributed by atoms with van der Waals surface area (Å²) in [6, 6.07) is 13.7. The van der Waals surface area contributed by atoms with Crippen LogP contribution in [-0.4, -0.2) is 13.4 Å². The Bertz CT molecular complexity index is 793. The van der Waals surface area contributed by atoms with Gasteiger partial charge in [-0.05, 0) is 28.3 Å². The lowest BCUT2D eigenvalue weighted by Crippen LogP contribution is -1.96. The lowest BCUT2D eigenvalue weighted by molar-refractivity contribution is 0.112. The van der Waals surface area contributed by atoms with Crippen LogP contribution in [0.2, 0.25) is 0 Å². The number of hydrogen-bond donors (Lipinski definition) is 1. The minimum absolute atomic E-state index is 0.510. The van der Waals surface area contributed by atoms with Crippen LogP contribution >= 0.6 is 0 Å². The van der Waals surface area contributed by atoms with E-state index in [9.17, 15) is 4.79 Å². The topological polar surface area (TPSA) is 52.3 Å². The lowest BCUT2D eigenvalue weighted by Gasteiger charge is -2.11. The first kappa shape index (κ1) is 11.5. The van der Waals surface area contributed by atoms with Crippen LogP contribution in [0, 0.1) is 0 Å². The molecule has 19 heavy (non-hydrogen) atoms. The molecular formula is C16H13NO2. The van der Waals surface area contributed by atoms with Gasteiger partial charge < -0.3 is 10.5 Å². The molecule has 0 aliphatic rings. The molecule has 0 saturated carbocycles. The van der Waals surface area contributed by atoms with Gasteiger partial charge in [-0.2, -0.15) is 0 Å². The molecule has 0 saturated heterocycles. The summed E-state index contributed by atoms with van der Waals surface area (Å²) in [6.45, 7) is 0. The molecule has 3 heteroatoms. The van der Waals surface area contributed by atoms with Gasteiger partial charge in [0.15, 0.2) is 6.29 Å². The highest BCUT2D eigenvalue weighted by Crippen LogP contribution is 2.34. The van der Waals surface area contributed by atoms with Crippen LogP contribution < -0.4 is 10.5 Å². The quantitative estimate of drug-likeness (QED) is 0.431. The molecule has 0 atom stereocenters. The van der Waals surface area contributed by atoms with Crippen LogP contribution in [0.5, 0.6) is 5.75 Å². The molecule has 0 aliphatic heterocycles. The molecule has 2 N–H and O–H groups in total. The highest BCUT2D eigenvalue weighted by molar-refractivity contribution is 6.11. The van der Waals surface area contributed by atoms with Gasteiger partial charge in [-0.15, -0.1) is 0 Å². The Balaban J connectivity index is 2.52. The molecule has 0 amide bonds. The molecule has 0 radical (unpaired) electrons. The second-order valence-corrected chi connectivity index (χ2v) is 4.44. The maximum atomic E-state index is 11.3. The Hall–Kier alpha value is -2.55. The normalized spacial score (nSPS) is 10.8. The van der Waals surface area contributed by atoms with E-state index in [-0.39, 0.29) is 0 Å².